The molecule has 1 unspecified atom stereocenters. The van der Waals surface area contributed by atoms with Gasteiger partial charge in [0.15, 0.2) is 6.29 Å². The molecule has 1 aliphatic carbocycles. The SMILES string of the molecule is CC(=O)Oc1ccc(-n2nc3c(c2C=O)CC(OC(C)=O)CC3)cc1. The number of aromatic nitrogens is 2. The third kappa shape index (κ3) is 3.60. The Hall–Kier alpha value is -2.96. The van der Waals surface area contributed by atoms with E-state index in [1.807, 2.05) is 0 Å². The summed E-state index contributed by atoms with van der Waals surface area (Å²) in [5.74, 6) is -0.294. The molecule has 0 saturated heterocycles. The minimum absolute atomic E-state index is 0.229. The highest BCUT2D eigenvalue weighted by Crippen LogP contribution is 2.27. The van der Waals surface area contributed by atoms with Gasteiger partial charge in [-0.2, -0.15) is 5.10 Å². The molecule has 1 heterocycles. The van der Waals surface area contributed by atoms with Crippen LogP contribution < -0.4 is 4.74 Å². The van der Waals surface area contributed by atoms with Crippen molar-refractivity contribution >= 4 is 18.2 Å². The van der Waals surface area contributed by atoms with Crippen molar-refractivity contribution in [1.29, 1.82) is 0 Å². The Kier molecular flexibility index (Phi) is 4.65. The van der Waals surface area contributed by atoms with Crippen LogP contribution in [0.4, 0.5) is 0 Å². The van der Waals surface area contributed by atoms with Gasteiger partial charge in [-0.05, 0) is 37.1 Å². The summed E-state index contributed by atoms with van der Waals surface area (Å²) in [6.07, 6.45) is 2.35. The second-order valence-electron chi connectivity index (χ2n) is 5.90. The standard InChI is InChI=1S/C18H18N2O5/c1-11(22)24-14-5-3-13(4-6-14)20-18(10-21)16-9-15(25-12(2)23)7-8-17(16)19-20/h3-6,10,15H,7-9H2,1-2H3. The van der Waals surface area contributed by atoms with E-state index in [4.69, 9.17) is 9.47 Å². The number of hydrogen-bond donors (Lipinski definition) is 0. The number of ether oxygens (including phenoxy) is 2. The van der Waals surface area contributed by atoms with Crippen LogP contribution >= 0.6 is 0 Å². The van der Waals surface area contributed by atoms with Gasteiger partial charge in [-0.25, -0.2) is 4.68 Å². The summed E-state index contributed by atoms with van der Waals surface area (Å²) < 4.78 is 11.9. The van der Waals surface area contributed by atoms with Crippen molar-refractivity contribution in [3.8, 4) is 11.4 Å². The highest BCUT2D eigenvalue weighted by molar-refractivity contribution is 5.77. The summed E-state index contributed by atoms with van der Waals surface area (Å²) in [6, 6.07) is 6.75. The van der Waals surface area contributed by atoms with E-state index in [1.54, 1.807) is 28.9 Å². The van der Waals surface area contributed by atoms with E-state index < -0.39 is 5.97 Å². The average Bonchev–Trinajstić information content (AvgIpc) is 2.92. The van der Waals surface area contributed by atoms with Crippen LogP contribution in [-0.4, -0.2) is 34.1 Å². The molecule has 0 radical (unpaired) electrons. The van der Waals surface area contributed by atoms with E-state index in [-0.39, 0.29) is 12.1 Å². The minimum atomic E-state index is -0.396. The molecular weight excluding hydrogens is 324 g/mol. The lowest BCUT2D eigenvalue weighted by molar-refractivity contribution is -0.146. The van der Waals surface area contributed by atoms with Gasteiger partial charge in [-0.3, -0.25) is 14.4 Å². The summed E-state index contributed by atoms with van der Waals surface area (Å²) in [5, 5.41) is 4.53. The Bertz CT molecular complexity index is 823. The normalized spacial score (nSPS) is 16.0. The van der Waals surface area contributed by atoms with Crippen molar-refractivity contribution in [2.24, 2.45) is 0 Å². The van der Waals surface area contributed by atoms with E-state index in [9.17, 15) is 14.4 Å². The first-order chi connectivity index (χ1) is 12.0. The second kappa shape index (κ2) is 6.88. The summed E-state index contributed by atoms with van der Waals surface area (Å²) in [4.78, 5) is 33.8. The highest BCUT2D eigenvalue weighted by Gasteiger charge is 2.28. The lowest BCUT2D eigenvalue weighted by Gasteiger charge is -2.21. The number of fused-ring (bicyclic) bond motifs is 1. The fourth-order valence-electron chi connectivity index (χ4n) is 3.04. The van der Waals surface area contributed by atoms with E-state index in [1.165, 1.54) is 13.8 Å². The van der Waals surface area contributed by atoms with Crippen LogP contribution in [0.25, 0.3) is 5.69 Å². The first-order valence-electron chi connectivity index (χ1n) is 8.00. The van der Waals surface area contributed by atoms with Gasteiger partial charge in [0.2, 0.25) is 0 Å². The molecular formula is C18H18N2O5. The molecule has 1 aromatic carbocycles. The number of aryl methyl sites for hydroxylation is 1. The first-order valence-corrected chi connectivity index (χ1v) is 8.00. The van der Waals surface area contributed by atoms with Gasteiger partial charge in [0.25, 0.3) is 0 Å². The quantitative estimate of drug-likeness (QED) is 0.480. The predicted molar refractivity (Wildman–Crippen MR) is 87.8 cm³/mol. The highest BCUT2D eigenvalue weighted by atomic mass is 16.5. The molecule has 7 heteroatoms. The molecule has 1 atom stereocenters. The summed E-state index contributed by atoms with van der Waals surface area (Å²) in [6.45, 7) is 2.71. The zero-order valence-corrected chi connectivity index (χ0v) is 14.0. The molecule has 0 spiro atoms. The van der Waals surface area contributed by atoms with E-state index in [0.29, 0.717) is 36.4 Å². The largest absolute Gasteiger partial charge is 0.462 e. The number of esters is 2. The molecule has 0 N–H and O–H groups in total. The lowest BCUT2D eigenvalue weighted by Crippen LogP contribution is -2.24. The maximum atomic E-state index is 11.6. The molecule has 0 amide bonds. The van der Waals surface area contributed by atoms with Crippen molar-refractivity contribution < 1.29 is 23.9 Å². The van der Waals surface area contributed by atoms with Crippen LogP contribution in [0.5, 0.6) is 5.75 Å². The van der Waals surface area contributed by atoms with Gasteiger partial charge >= 0.3 is 11.9 Å². The van der Waals surface area contributed by atoms with E-state index >= 15 is 0 Å². The molecule has 0 aliphatic heterocycles. The Morgan fingerprint density at radius 3 is 2.52 bits per heavy atom. The van der Waals surface area contributed by atoms with Crippen molar-refractivity contribution in [3.63, 3.8) is 0 Å². The van der Waals surface area contributed by atoms with Crippen LogP contribution in [0.15, 0.2) is 24.3 Å². The Morgan fingerprint density at radius 1 is 1.20 bits per heavy atom. The fraction of sp³-hybridized carbons (Fsp3) is 0.333. The van der Waals surface area contributed by atoms with Crippen LogP contribution in [0.1, 0.15) is 42.0 Å². The van der Waals surface area contributed by atoms with Crippen LogP contribution in [0.2, 0.25) is 0 Å². The third-order valence-electron chi connectivity index (χ3n) is 4.03. The van der Waals surface area contributed by atoms with Crippen molar-refractivity contribution in [2.75, 3.05) is 0 Å². The summed E-state index contributed by atoms with van der Waals surface area (Å²) in [7, 11) is 0. The third-order valence-corrected chi connectivity index (χ3v) is 4.03. The number of hydrogen-bond acceptors (Lipinski definition) is 6. The molecule has 1 aromatic heterocycles. The number of rotatable bonds is 4. The smallest absolute Gasteiger partial charge is 0.308 e. The maximum Gasteiger partial charge on any atom is 0.308 e. The number of benzene rings is 1. The van der Waals surface area contributed by atoms with Gasteiger partial charge in [-0.15, -0.1) is 0 Å². The molecule has 0 fully saturated rings. The molecule has 3 rings (SSSR count). The topological polar surface area (TPSA) is 87.5 Å². The van der Waals surface area contributed by atoms with Gasteiger partial charge < -0.3 is 9.47 Å². The molecule has 1 aliphatic rings. The second-order valence-corrected chi connectivity index (χ2v) is 5.90. The fourth-order valence-corrected chi connectivity index (χ4v) is 3.04. The Morgan fingerprint density at radius 2 is 1.92 bits per heavy atom. The van der Waals surface area contributed by atoms with Crippen molar-refractivity contribution in [1.82, 2.24) is 9.78 Å². The number of carbonyl (C=O) groups excluding carboxylic acids is 3. The van der Waals surface area contributed by atoms with Crippen molar-refractivity contribution in [2.45, 2.75) is 39.2 Å². The molecule has 0 saturated carbocycles. The van der Waals surface area contributed by atoms with Gasteiger partial charge in [-0.1, -0.05) is 0 Å². The lowest BCUT2D eigenvalue weighted by atomic mass is 9.93. The number of carbonyl (C=O) groups is 3. The van der Waals surface area contributed by atoms with Gasteiger partial charge in [0.05, 0.1) is 11.4 Å². The molecule has 130 valence electrons. The molecule has 2 aromatic rings. The molecule has 25 heavy (non-hydrogen) atoms. The monoisotopic (exact) mass is 342 g/mol. The van der Waals surface area contributed by atoms with Crippen molar-refractivity contribution in [3.05, 3.63) is 41.2 Å². The maximum absolute atomic E-state index is 11.6. The Labute approximate surface area is 144 Å². The van der Waals surface area contributed by atoms with E-state index in [0.717, 1.165) is 17.5 Å². The molecule has 7 nitrogen and oxygen atoms in total. The van der Waals surface area contributed by atoms with Crippen LogP contribution in [0, 0.1) is 0 Å². The zero-order chi connectivity index (χ0) is 18.0. The first kappa shape index (κ1) is 16.9. The predicted octanol–water partition coefficient (Wildman–Crippen LogP) is 2.03. The van der Waals surface area contributed by atoms with Crippen LogP contribution in [-0.2, 0) is 27.2 Å². The summed E-state index contributed by atoms with van der Waals surface area (Å²) >= 11 is 0. The minimum Gasteiger partial charge on any atom is -0.462 e. The van der Waals surface area contributed by atoms with E-state index in [2.05, 4.69) is 5.10 Å². The zero-order valence-electron chi connectivity index (χ0n) is 14.0. The molecule has 0 bridgehead atoms. The van der Waals surface area contributed by atoms with Crippen LogP contribution in [0.3, 0.4) is 0 Å². The number of nitrogens with zero attached hydrogens (tertiary/aromatic N) is 2. The Balaban J connectivity index is 1.91. The summed E-state index contributed by atoms with van der Waals surface area (Å²) in [5.41, 5.74) is 2.80. The van der Waals surface area contributed by atoms with Gasteiger partial charge in [0.1, 0.15) is 17.5 Å². The number of aldehydes is 1. The average molecular weight is 342 g/mol. The van der Waals surface area contributed by atoms with Gasteiger partial charge in [0, 0.05) is 25.8 Å².